The third-order valence-corrected chi connectivity index (χ3v) is 3.76. The summed E-state index contributed by atoms with van der Waals surface area (Å²) in [4.78, 5) is 9.00. The maximum atomic E-state index is 9.00. The molecule has 0 aromatic carbocycles. The van der Waals surface area contributed by atoms with Crippen LogP contribution < -0.4 is 24.8 Å². The van der Waals surface area contributed by atoms with Crippen molar-refractivity contribution in [1.82, 2.24) is 0 Å². The Kier molecular flexibility index (Phi) is 12.1. The van der Waals surface area contributed by atoms with Crippen molar-refractivity contribution in [3.8, 4) is 0 Å². The molecule has 0 heterocycles. The standard InChI is InChI=1S/C13H17.C2H4O2.2ClH.Ti/c1-3-7-12-10(5-1)9-11-6-2-4-8-13(11)12;1-2(3)4;;;/h5H,1-4,6-9H2;1H3,(H,3,4);2*1H;/q-1;;;;+3/p-2. The number of hydrogen-bond donors (Lipinski definition) is 1. The summed E-state index contributed by atoms with van der Waals surface area (Å²) in [5.41, 5.74) is 7.06. The first-order chi connectivity index (χ1) is 8.18. The van der Waals surface area contributed by atoms with Crippen molar-refractivity contribution in [3.05, 3.63) is 28.7 Å². The van der Waals surface area contributed by atoms with Crippen LogP contribution in [0.2, 0.25) is 0 Å². The molecule has 3 aliphatic carbocycles. The van der Waals surface area contributed by atoms with Crippen LogP contribution in [0.5, 0.6) is 0 Å². The molecule has 111 valence electrons. The van der Waals surface area contributed by atoms with Gasteiger partial charge in [-0.25, -0.2) is 12.0 Å². The predicted molar refractivity (Wildman–Crippen MR) is 68.6 cm³/mol. The van der Waals surface area contributed by atoms with Gasteiger partial charge in [0.1, 0.15) is 0 Å². The number of rotatable bonds is 0. The SMILES string of the molecule is CC(=O)O.[CH-]1CCCC2=C1CC1=C2CCCC1.[Cl-].[Cl-].[Ti+3]. The fourth-order valence-electron chi connectivity index (χ4n) is 3.12. The van der Waals surface area contributed by atoms with E-state index in [1.54, 1.807) is 22.3 Å². The second kappa shape index (κ2) is 10.8. The molecule has 0 saturated carbocycles. The number of carboxylic acid groups (broad SMARTS) is 1. The Bertz CT molecular complexity index is 355. The van der Waals surface area contributed by atoms with Crippen LogP contribution in [0.3, 0.4) is 0 Å². The van der Waals surface area contributed by atoms with Gasteiger partial charge in [-0.1, -0.05) is 24.8 Å². The van der Waals surface area contributed by atoms with E-state index in [9.17, 15) is 0 Å². The van der Waals surface area contributed by atoms with Gasteiger partial charge in [0, 0.05) is 6.92 Å². The van der Waals surface area contributed by atoms with Gasteiger partial charge in [-0.05, 0) is 25.7 Å². The molecule has 0 saturated heterocycles. The predicted octanol–water partition coefficient (Wildman–Crippen LogP) is -1.96. The molecule has 0 fully saturated rings. The Morgan fingerprint density at radius 1 is 1.05 bits per heavy atom. The van der Waals surface area contributed by atoms with Crippen LogP contribution in [0.4, 0.5) is 0 Å². The van der Waals surface area contributed by atoms with Crippen molar-refractivity contribution in [2.75, 3.05) is 0 Å². The first-order valence-corrected chi connectivity index (χ1v) is 6.64. The third-order valence-electron chi connectivity index (χ3n) is 3.76. The second-order valence-corrected chi connectivity index (χ2v) is 5.09. The largest absolute Gasteiger partial charge is 3.00 e. The van der Waals surface area contributed by atoms with Crippen LogP contribution in [0.15, 0.2) is 22.3 Å². The van der Waals surface area contributed by atoms with Crippen molar-refractivity contribution >= 4 is 5.97 Å². The maximum Gasteiger partial charge on any atom is 3.00 e. The van der Waals surface area contributed by atoms with Crippen molar-refractivity contribution in [1.29, 1.82) is 0 Å². The van der Waals surface area contributed by atoms with Crippen molar-refractivity contribution in [2.45, 2.75) is 58.3 Å². The average molecular weight is 352 g/mol. The fraction of sp³-hybridized carbons (Fsp3) is 0.600. The van der Waals surface area contributed by atoms with Gasteiger partial charge in [0.15, 0.2) is 0 Å². The van der Waals surface area contributed by atoms with Gasteiger partial charge in [-0.3, -0.25) is 4.79 Å². The summed E-state index contributed by atoms with van der Waals surface area (Å²) < 4.78 is 0. The molecule has 1 radical (unpaired) electrons. The summed E-state index contributed by atoms with van der Waals surface area (Å²) >= 11 is 0. The number of allylic oxidation sites excluding steroid dienone is 4. The fourth-order valence-corrected chi connectivity index (χ4v) is 3.12. The van der Waals surface area contributed by atoms with E-state index in [2.05, 4.69) is 6.42 Å². The molecular weight excluding hydrogens is 331 g/mol. The van der Waals surface area contributed by atoms with Crippen molar-refractivity contribution < 1.29 is 56.4 Å². The number of aliphatic carboxylic acids is 1. The zero-order chi connectivity index (χ0) is 12.3. The van der Waals surface area contributed by atoms with Gasteiger partial charge in [0.2, 0.25) is 0 Å². The van der Waals surface area contributed by atoms with Gasteiger partial charge in [-0.15, -0.1) is 12.0 Å². The Morgan fingerprint density at radius 2 is 1.60 bits per heavy atom. The minimum Gasteiger partial charge on any atom is -1.00 e. The van der Waals surface area contributed by atoms with Gasteiger partial charge < -0.3 is 29.9 Å². The van der Waals surface area contributed by atoms with Crippen LogP contribution in [0.1, 0.15) is 58.3 Å². The molecule has 1 N–H and O–H groups in total. The van der Waals surface area contributed by atoms with Crippen molar-refractivity contribution in [3.63, 3.8) is 0 Å². The van der Waals surface area contributed by atoms with Crippen LogP contribution in [-0.2, 0) is 26.5 Å². The summed E-state index contributed by atoms with van der Waals surface area (Å²) in [6.07, 6.45) is 13.6. The van der Waals surface area contributed by atoms with E-state index in [0.29, 0.717) is 0 Å². The molecule has 0 bridgehead atoms. The zero-order valence-electron chi connectivity index (χ0n) is 11.8. The van der Waals surface area contributed by atoms with Crippen LogP contribution in [0.25, 0.3) is 0 Å². The Labute approximate surface area is 149 Å². The van der Waals surface area contributed by atoms with E-state index in [4.69, 9.17) is 9.90 Å². The summed E-state index contributed by atoms with van der Waals surface area (Å²) in [5, 5.41) is 7.42. The normalized spacial score (nSPS) is 18.9. The van der Waals surface area contributed by atoms with Crippen LogP contribution in [0, 0.1) is 6.42 Å². The molecule has 3 rings (SSSR count). The smallest absolute Gasteiger partial charge is 1.00 e. The quantitative estimate of drug-likeness (QED) is 0.406. The first kappa shape index (κ1) is 22.4. The van der Waals surface area contributed by atoms with Gasteiger partial charge >= 0.3 is 21.7 Å². The van der Waals surface area contributed by atoms with E-state index in [1.807, 2.05) is 0 Å². The molecule has 20 heavy (non-hydrogen) atoms. The van der Waals surface area contributed by atoms with Crippen molar-refractivity contribution in [2.24, 2.45) is 0 Å². The molecule has 3 aliphatic rings. The second-order valence-electron chi connectivity index (χ2n) is 5.09. The maximum absolute atomic E-state index is 9.00. The molecular formula is C15H21Cl2O2Ti. The van der Waals surface area contributed by atoms with E-state index < -0.39 is 5.97 Å². The molecule has 0 amide bonds. The third kappa shape index (κ3) is 5.85. The minimum absolute atomic E-state index is 0. The Balaban J connectivity index is 0. The number of fused-ring (bicyclic) bond motifs is 1. The van der Waals surface area contributed by atoms with E-state index >= 15 is 0 Å². The van der Waals surface area contributed by atoms with Gasteiger partial charge in [0.05, 0.1) is 0 Å². The molecule has 0 aromatic rings. The number of carboxylic acids is 1. The molecule has 0 aliphatic heterocycles. The Morgan fingerprint density at radius 3 is 2.25 bits per heavy atom. The monoisotopic (exact) mass is 351 g/mol. The molecule has 0 aromatic heterocycles. The molecule has 5 heteroatoms. The van der Waals surface area contributed by atoms with E-state index in [-0.39, 0.29) is 46.5 Å². The minimum atomic E-state index is -0.833. The topological polar surface area (TPSA) is 37.3 Å². The average Bonchev–Trinajstić information content (AvgIpc) is 2.66. The Hall–Kier alpha value is 0.114. The van der Waals surface area contributed by atoms with Gasteiger partial charge in [0.25, 0.3) is 5.97 Å². The molecule has 0 atom stereocenters. The number of carbonyl (C=O) groups is 1. The van der Waals surface area contributed by atoms with Crippen LogP contribution in [-0.4, -0.2) is 11.1 Å². The summed E-state index contributed by atoms with van der Waals surface area (Å²) in [6, 6.07) is 0. The molecule has 0 spiro atoms. The summed E-state index contributed by atoms with van der Waals surface area (Å²) in [5.74, 6) is -0.833. The van der Waals surface area contributed by atoms with Crippen LogP contribution >= 0.6 is 0 Å². The number of hydrogen-bond acceptors (Lipinski definition) is 1. The van der Waals surface area contributed by atoms with E-state index in [1.165, 1.54) is 51.4 Å². The summed E-state index contributed by atoms with van der Waals surface area (Å²) in [7, 11) is 0. The first-order valence-electron chi connectivity index (χ1n) is 6.64. The van der Waals surface area contributed by atoms with E-state index in [0.717, 1.165) is 6.92 Å². The zero-order valence-corrected chi connectivity index (χ0v) is 14.9. The van der Waals surface area contributed by atoms with Gasteiger partial charge in [-0.2, -0.15) is 5.57 Å². The number of halogens is 2. The summed E-state index contributed by atoms with van der Waals surface area (Å²) in [6.45, 7) is 1.08. The molecule has 2 nitrogen and oxygen atoms in total. The molecule has 0 unspecified atom stereocenters.